The van der Waals surface area contributed by atoms with Crippen LogP contribution in [0.1, 0.15) is 39.5 Å². The molecule has 0 aliphatic rings. The van der Waals surface area contributed by atoms with Gasteiger partial charge < -0.3 is 5.32 Å². The summed E-state index contributed by atoms with van der Waals surface area (Å²) in [6, 6.07) is 0. The van der Waals surface area contributed by atoms with Gasteiger partial charge in [-0.3, -0.25) is 0 Å². The summed E-state index contributed by atoms with van der Waals surface area (Å²) in [5.74, 6) is 0.759. The van der Waals surface area contributed by atoms with Gasteiger partial charge in [0.2, 0.25) is 0 Å². The maximum Gasteiger partial charge on any atom is 0.130 e. The molecule has 1 nitrogen and oxygen atoms in total. The molecule has 0 bridgehead atoms. The third-order valence-corrected chi connectivity index (χ3v) is 2.39. The maximum atomic E-state index is 4.83. The SMILES string of the molecule is CCCCC(CC)CNC(=S)S.[Na]. The summed E-state index contributed by atoms with van der Waals surface area (Å²) in [5.41, 5.74) is 0. The van der Waals surface area contributed by atoms with Crippen LogP contribution in [0.5, 0.6) is 0 Å². The Bertz CT molecular complexity index is 131. The molecule has 0 aliphatic carbocycles. The molecule has 1 atom stereocenters. The van der Waals surface area contributed by atoms with Crippen molar-refractivity contribution in [1.82, 2.24) is 5.32 Å². The molecule has 0 fully saturated rings. The summed E-state index contributed by atoms with van der Waals surface area (Å²) in [6.07, 6.45) is 5.13. The molecule has 0 aromatic carbocycles. The molecule has 0 saturated heterocycles. The molecule has 0 spiro atoms. The zero-order valence-corrected chi connectivity index (χ0v) is 12.7. The molecule has 0 rings (SSSR count). The summed E-state index contributed by atoms with van der Waals surface area (Å²) in [4.78, 5) is 0. The largest absolute Gasteiger partial charge is 0.371 e. The van der Waals surface area contributed by atoms with Gasteiger partial charge >= 0.3 is 0 Å². The average molecular weight is 228 g/mol. The number of nitrogens with one attached hydrogen (secondary N) is 1. The minimum atomic E-state index is 0. The molecule has 0 amide bonds. The first kappa shape index (κ1) is 16.7. The van der Waals surface area contributed by atoms with Crippen LogP contribution in [0.3, 0.4) is 0 Å². The molecule has 1 N–H and O–H groups in total. The number of thiol groups is 1. The van der Waals surface area contributed by atoms with Crippen molar-refractivity contribution in [3.05, 3.63) is 0 Å². The molecular formula is C9H19NNaS2. The molecule has 1 radical (unpaired) electrons. The van der Waals surface area contributed by atoms with Crippen LogP contribution in [0.4, 0.5) is 0 Å². The second-order valence-electron chi connectivity index (χ2n) is 3.10. The summed E-state index contributed by atoms with van der Waals surface area (Å²) in [6.45, 7) is 5.44. The molecule has 0 heterocycles. The van der Waals surface area contributed by atoms with Crippen molar-refractivity contribution in [3.63, 3.8) is 0 Å². The molecule has 13 heavy (non-hydrogen) atoms. The molecule has 1 unspecified atom stereocenters. The van der Waals surface area contributed by atoms with Gasteiger partial charge in [-0.15, -0.1) is 12.6 Å². The molecule has 0 saturated carbocycles. The number of unbranched alkanes of at least 4 members (excludes halogenated alkanes) is 1. The van der Waals surface area contributed by atoms with Crippen molar-refractivity contribution in [2.24, 2.45) is 5.92 Å². The van der Waals surface area contributed by atoms with E-state index in [-0.39, 0.29) is 29.6 Å². The van der Waals surface area contributed by atoms with Crippen LogP contribution in [0, 0.1) is 5.92 Å². The summed E-state index contributed by atoms with van der Waals surface area (Å²) in [5, 5.41) is 3.10. The van der Waals surface area contributed by atoms with Crippen molar-refractivity contribution >= 4 is 58.7 Å². The number of hydrogen-bond acceptors (Lipinski definition) is 1. The van der Waals surface area contributed by atoms with Crippen LogP contribution in [-0.2, 0) is 0 Å². The zero-order chi connectivity index (χ0) is 9.40. The maximum absolute atomic E-state index is 4.83. The summed E-state index contributed by atoms with van der Waals surface area (Å²) >= 11 is 8.85. The Morgan fingerprint density at radius 1 is 1.46 bits per heavy atom. The van der Waals surface area contributed by atoms with E-state index < -0.39 is 0 Å². The normalized spacial score (nSPS) is 11.6. The van der Waals surface area contributed by atoms with Crippen molar-refractivity contribution in [2.45, 2.75) is 39.5 Å². The first-order valence-electron chi connectivity index (χ1n) is 4.67. The van der Waals surface area contributed by atoms with E-state index in [0.29, 0.717) is 4.32 Å². The Hall–Kier alpha value is 1.24. The van der Waals surface area contributed by atoms with Crippen molar-refractivity contribution in [2.75, 3.05) is 6.54 Å². The first-order valence-corrected chi connectivity index (χ1v) is 5.53. The van der Waals surface area contributed by atoms with E-state index >= 15 is 0 Å². The Morgan fingerprint density at radius 3 is 2.46 bits per heavy atom. The van der Waals surface area contributed by atoms with Gasteiger partial charge in [-0.1, -0.05) is 45.3 Å². The monoisotopic (exact) mass is 228 g/mol. The second-order valence-corrected chi connectivity index (χ2v) is 4.26. The van der Waals surface area contributed by atoms with Crippen LogP contribution in [-0.4, -0.2) is 40.4 Å². The Kier molecular flexibility index (Phi) is 14.5. The van der Waals surface area contributed by atoms with Crippen LogP contribution < -0.4 is 5.32 Å². The Balaban J connectivity index is 0. The smallest absolute Gasteiger partial charge is 0.130 e. The first-order chi connectivity index (χ1) is 5.70. The van der Waals surface area contributed by atoms with Crippen LogP contribution in [0.25, 0.3) is 0 Å². The molecule has 0 aromatic heterocycles. The third-order valence-electron chi connectivity index (χ3n) is 2.09. The summed E-state index contributed by atoms with van der Waals surface area (Å²) < 4.78 is 0.616. The van der Waals surface area contributed by atoms with Crippen LogP contribution in [0.15, 0.2) is 0 Å². The standard InChI is InChI=1S/C9H19NS2.Na/c1-3-5-6-8(4-2)7-10-9(11)12;/h8H,3-7H2,1-2H3,(H2,10,11,12);. The van der Waals surface area contributed by atoms with Gasteiger partial charge in [0, 0.05) is 36.1 Å². The van der Waals surface area contributed by atoms with Gasteiger partial charge in [0.15, 0.2) is 0 Å². The molecule has 0 aromatic rings. The number of thiocarbonyl (C=S) groups is 1. The Labute approximate surface area is 115 Å². The fourth-order valence-corrected chi connectivity index (χ4v) is 1.35. The van der Waals surface area contributed by atoms with Gasteiger partial charge in [0.25, 0.3) is 0 Å². The van der Waals surface area contributed by atoms with Crippen LogP contribution >= 0.6 is 24.8 Å². The number of rotatable bonds is 6. The minimum absolute atomic E-state index is 0. The van der Waals surface area contributed by atoms with E-state index in [1.807, 2.05) is 0 Å². The molecule has 4 heteroatoms. The predicted molar refractivity (Wildman–Crippen MR) is 68.6 cm³/mol. The fraction of sp³-hybridized carbons (Fsp3) is 0.889. The second kappa shape index (κ2) is 11.3. The average Bonchev–Trinajstić information content (AvgIpc) is 2.05. The Morgan fingerprint density at radius 2 is 2.08 bits per heavy atom. The van der Waals surface area contributed by atoms with E-state index in [1.54, 1.807) is 0 Å². The number of hydrogen-bond donors (Lipinski definition) is 2. The van der Waals surface area contributed by atoms with E-state index in [2.05, 4.69) is 31.8 Å². The molecule has 0 aliphatic heterocycles. The van der Waals surface area contributed by atoms with Crippen molar-refractivity contribution < 1.29 is 0 Å². The van der Waals surface area contributed by atoms with Gasteiger partial charge in [0.1, 0.15) is 4.32 Å². The van der Waals surface area contributed by atoms with E-state index in [4.69, 9.17) is 12.2 Å². The zero-order valence-electron chi connectivity index (χ0n) is 8.97. The van der Waals surface area contributed by atoms with Gasteiger partial charge in [0.05, 0.1) is 0 Å². The van der Waals surface area contributed by atoms with Crippen molar-refractivity contribution in [1.29, 1.82) is 0 Å². The van der Waals surface area contributed by atoms with Gasteiger partial charge in [-0.25, -0.2) is 0 Å². The van der Waals surface area contributed by atoms with E-state index in [0.717, 1.165) is 12.5 Å². The third kappa shape index (κ3) is 11.2. The predicted octanol–water partition coefficient (Wildman–Crippen LogP) is 2.63. The van der Waals surface area contributed by atoms with E-state index in [9.17, 15) is 0 Å². The van der Waals surface area contributed by atoms with Crippen molar-refractivity contribution in [3.8, 4) is 0 Å². The van der Waals surface area contributed by atoms with Crippen LogP contribution in [0.2, 0.25) is 0 Å². The van der Waals surface area contributed by atoms with E-state index in [1.165, 1.54) is 25.7 Å². The van der Waals surface area contributed by atoms with Gasteiger partial charge in [-0.05, 0) is 12.3 Å². The minimum Gasteiger partial charge on any atom is -0.371 e. The topological polar surface area (TPSA) is 12.0 Å². The quantitative estimate of drug-likeness (QED) is 0.412. The molecule has 73 valence electrons. The molecular weight excluding hydrogens is 209 g/mol. The fourth-order valence-electron chi connectivity index (χ4n) is 1.17. The van der Waals surface area contributed by atoms with Gasteiger partial charge in [-0.2, -0.15) is 0 Å². The summed E-state index contributed by atoms with van der Waals surface area (Å²) in [7, 11) is 0.